The number of benzene rings is 1. The van der Waals surface area contributed by atoms with Crippen LogP contribution in [-0.2, 0) is 0 Å². The number of anilines is 1. The number of terminal acetylenes is 1. The SMILES string of the molecule is C#CCN(CC(C#N)=C(C#N)C#N)c1ccccc1. The fourth-order valence-electron chi connectivity index (χ4n) is 1.51. The van der Waals surface area contributed by atoms with Crippen LogP contribution in [0.15, 0.2) is 41.5 Å². The van der Waals surface area contributed by atoms with Gasteiger partial charge in [-0.05, 0) is 12.1 Å². The van der Waals surface area contributed by atoms with Crippen LogP contribution in [0.5, 0.6) is 0 Å². The molecule has 0 atom stereocenters. The molecule has 1 rings (SSSR count). The molecule has 0 N–H and O–H groups in total. The molecule has 4 heteroatoms. The summed E-state index contributed by atoms with van der Waals surface area (Å²) in [6.45, 7) is 0.431. The van der Waals surface area contributed by atoms with E-state index in [0.717, 1.165) is 5.69 Å². The summed E-state index contributed by atoms with van der Waals surface area (Å²) in [6, 6.07) is 14.6. The number of para-hydroxylation sites is 1. The molecular formula is C15H10N4. The fraction of sp³-hybridized carbons (Fsp3) is 0.133. The van der Waals surface area contributed by atoms with Crippen molar-refractivity contribution in [2.75, 3.05) is 18.0 Å². The standard InChI is InChI=1S/C15H10N4/c1-2-8-19(15-6-4-3-5-7-15)12-14(11-18)13(9-16)10-17/h1,3-7H,8,12H2. The number of hydrogen-bond donors (Lipinski definition) is 0. The van der Waals surface area contributed by atoms with Gasteiger partial charge in [-0.3, -0.25) is 0 Å². The highest BCUT2D eigenvalue weighted by atomic mass is 15.1. The smallest absolute Gasteiger partial charge is 0.145 e. The Morgan fingerprint density at radius 1 is 1.05 bits per heavy atom. The molecule has 0 amide bonds. The highest BCUT2D eigenvalue weighted by Gasteiger charge is 2.12. The van der Waals surface area contributed by atoms with Gasteiger partial charge in [0.1, 0.15) is 17.7 Å². The first-order valence-corrected chi connectivity index (χ1v) is 5.43. The summed E-state index contributed by atoms with van der Waals surface area (Å²) in [5, 5.41) is 26.6. The summed E-state index contributed by atoms with van der Waals surface area (Å²) in [5.41, 5.74) is 0.771. The second-order valence-electron chi connectivity index (χ2n) is 3.58. The van der Waals surface area contributed by atoms with Crippen LogP contribution in [0.2, 0.25) is 0 Å². The van der Waals surface area contributed by atoms with Crippen LogP contribution in [0, 0.1) is 46.3 Å². The van der Waals surface area contributed by atoms with Crippen LogP contribution < -0.4 is 4.90 Å². The minimum absolute atomic E-state index is 0.115. The molecule has 0 aliphatic rings. The average Bonchev–Trinajstić information content (AvgIpc) is 2.47. The molecule has 0 unspecified atom stereocenters. The van der Waals surface area contributed by atoms with Crippen molar-refractivity contribution in [3.63, 3.8) is 0 Å². The van der Waals surface area contributed by atoms with Crippen LogP contribution >= 0.6 is 0 Å². The van der Waals surface area contributed by atoms with Crippen molar-refractivity contribution < 1.29 is 0 Å². The zero-order valence-corrected chi connectivity index (χ0v) is 10.2. The van der Waals surface area contributed by atoms with E-state index >= 15 is 0 Å². The Bertz CT molecular complexity index is 614. The topological polar surface area (TPSA) is 74.6 Å². The Balaban J connectivity index is 3.09. The number of rotatable bonds is 4. The predicted octanol–water partition coefficient (Wildman–Crippen LogP) is 1.99. The fourth-order valence-corrected chi connectivity index (χ4v) is 1.51. The minimum atomic E-state index is -0.180. The third-order valence-electron chi connectivity index (χ3n) is 2.41. The minimum Gasteiger partial charge on any atom is -0.355 e. The predicted molar refractivity (Wildman–Crippen MR) is 71.4 cm³/mol. The molecule has 0 radical (unpaired) electrons. The van der Waals surface area contributed by atoms with Crippen LogP contribution in [0.3, 0.4) is 0 Å². The van der Waals surface area contributed by atoms with Gasteiger partial charge in [0.05, 0.1) is 24.7 Å². The summed E-state index contributed by atoms with van der Waals surface area (Å²) in [7, 11) is 0. The van der Waals surface area contributed by atoms with E-state index in [-0.39, 0.29) is 17.7 Å². The zero-order chi connectivity index (χ0) is 14.1. The number of nitrogens with zero attached hydrogens (tertiary/aromatic N) is 4. The number of nitriles is 3. The average molecular weight is 246 g/mol. The molecule has 0 bridgehead atoms. The van der Waals surface area contributed by atoms with E-state index in [2.05, 4.69) is 5.92 Å². The first kappa shape index (κ1) is 13.9. The van der Waals surface area contributed by atoms with Gasteiger partial charge in [0.15, 0.2) is 0 Å². The summed E-state index contributed by atoms with van der Waals surface area (Å²) in [5.74, 6) is 2.50. The largest absolute Gasteiger partial charge is 0.355 e. The van der Waals surface area contributed by atoms with Gasteiger partial charge in [-0.2, -0.15) is 15.8 Å². The van der Waals surface area contributed by atoms with Gasteiger partial charge >= 0.3 is 0 Å². The molecular weight excluding hydrogens is 236 g/mol. The Morgan fingerprint density at radius 2 is 1.68 bits per heavy atom. The number of allylic oxidation sites excluding steroid dienone is 1. The van der Waals surface area contributed by atoms with Gasteiger partial charge in [0, 0.05) is 5.69 Å². The molecule has 90 valence electrons. The van der Waals surface area contributed by atoms with Crippen LogP contribution in [0.25, 0.3) is 0 Å². The lowest BCUT2D eigenvalue weighted by atomic mass is 10.1. The van der Waals surface area contributed by atoms with Gasteiger partial charge in [0.25, 0.3) is 0 Å². The summed E-state index contributed by atoms with van der Waals surface area (Å²) in [4.78, 5) is 1.76. The molecule has 4 nitrogen and oxygen atoms in total. The first-order chi connectivity index (χ1) is 9.26. The number of hydrogen-bond acceptors (Lipinski definition) is 4. The van der Waals surface area contributed by atoms with Crippen LogP contribution in [0.4, 0.5) is 5.69 Å². The Morgan fingerprint density at radius 3 is 2.16 bits per heavy atom. The lowest BCUT2D eigenvalue weighted by Gasteiger charge is -2.21. The second kappa shape index (κ2) is 7.18. The second-order valence-corrected chi connectivity index (χ2v) is 3.58. The molecule has 0 saturated heterocycles. The lowest BCUT2D eigenvalue weighted by Crippen LogP contribution is -2.26. The van der Waals surface area contributed by atoms with Crippen molar-refractivity contribution in [3.8, 4) is 30.6 Å². The van der Waals surface area contributed by atoms with Gasteiger partial charge < -0.3 is 4.90 Å². The third kappa shape index (κ3) is 3.64. The molecule has 0 fully saturated rings. The monoisotopic (exact) mass is 246 g/mol. The van der Waals surface area contributed by atoms with Gasteiger partial charge in [-0.25, -0.2) is 0 Å². The van der Waals surface area contributed by atoms with E-state index < -0.39 is 0 Å². The van der Waals surface area contributed by atoms with E-state index in [1.165, 1.54) is 0 Å². The van der Waals surface area contributed by atoms with Gasteiger partial charge in [-0.15, -0.1) is 6.42 Å². The highest BCUT2D eigenvalue weighted by molar-refractivity contribution is 5.53. The van der Waals surface area contributed by atoms with Gasteiger partial charge in [-0.1, -0.05) is 24.1 Å². The van der Waals surface area contributed by atoms with E-state index in [1.807, 2.05) is 36.4 Å². The lowest BCUT2D eigenvalue weighted by molar-refractivity contribution is 0.946. The maximum atomic E-state index is 9.03. The van der Waals surface area contributed by atoms with Crippen LogP contribution in [-0.4, -0.2) is 13.1 Å². The van der Waals surface area contributed by atoms with Crippen molar-refractivity contribution in [1.29, 1.82) is 15.8 Å². The highest BCUT2D eigenvalue weighted by Crippen LogP contribution is 2.15. The zero-order valence-electron chi connectivity index (χ0n) is 10.2. The molecule has 0 aliphatic carbocycles. The summed E-state index contributed by atoms with van der Waals surface area (Å²) >= 11 is 0. The van der Waals surface area contributed by atoms with Crippen molar-refractivity contribution in [2.45, 2.75) is 0 Å². The normalized spacial score (nSPS) is 8.21. The van der Waals surface area contributed by atoms with E-state index in [4.69, 9.17) is 22.2 Å². The van der Waals surface area contributed by atoms with Crippen molar-refractivity contribution in [3.05, 3.63) is 41.5 Å². The summed E-state index contributed by atoms with van der Waals surface area (Å²) in [6.07, 6.45) is 5.30. The Hall–Kier alpha value is -3.21. The molecule has 0 saturated carbocycles. The van der Waals surface area contributed by atoms with E-state index in [1.54, 1.807) is 17.0 Å². The maximum absolute atomic E-state index is 9.03. The van der Waals surface area contributed by atoms with E-state index in [9.17, 15) is 0 Å². The molecule has 0 aliphatic heterocycles. The Kier molecular flexibility index (Phi) is 5.24. The quantitative estimate of drug-likeness (QED) is 0.601. The van der Waals surface area contributed by atoms with E-state index in [0.29, 0.717) is 6.54 Å². The van der Waals surface area contributed by atoms with Crippen LogP contribution in [0.1, 0.15) is 0 Å². The molecule has 19 heavy (non-hydrogen) atoms. The van der Waals surface area contributed by atoms with Crippen molar-refractivity contribution in [1.82, 2.24) is 0 Å². The molecule has 0 aromatic heterocycles. The van der Waals surface area contributed by atoms with Crippen molar-refractivity contribution in [2.24, 2.45) is 0 Å². The Labute approximate surface area is 112 Å². The van der Waals surface area contributed by atoms with Gasteiger partial charge in [0.2, 0.25) is 0 Å². The van der Waals surface area contributed by atoms with Crippen molar-refractivity contribution >= 4 is 5.69 Å². The maximum Gasteiger partial charge on any atom is 0.145 e. The molecule has 0 heterocycles. The molecule has 1 aromatic carbocycles. The summed E-state index contributed by atoms with van der Waals surface area (Å²) < 4.78 is 0. The first-order valence-electron chi connectivity index (χ1n) is 5.43. The molecule has 1 aromatic rings. The molecule has 0 spiro atoms. The third-order valence-corrected chi connectivity index (χ3v) is 2.41.